The van der Waals surface area contributed by atoms with Crippen LogP contribution in [0.15, 0.2) is 18.2 Å². The average Bonchev–Trinajstić information content (AvgIpc) is 2.14. The van der Waals surface area contributed by atoms with Crippen molar-refractivity contribution < 1.29 is 9.13 Å². The summed E-state index contributed by atoms with van der Waals surface area (Å²) in [4.78, 5) is 0. The van der Waals surface area contributed by atoms with Gasteiger partial charge in [-0.15, -0.1) is 0 Å². The second-order valence-corrected chi connectivity index (χ2v) is 4.08. The Balaban J connectivity index is 2.29. The number of rotatable bonds is 3. The first-order chi connectivity index (χ1) is 7.24. The summed E-state index contributed by atoms with van der Waals surface area (Å²) in [6.07, 6.45) is 3.51. The van der Waals surface area contributed by atoms with Crippen molar-refractivity contribution in [1.29, 1.82) is 0 Å². The molecule has 1 aromatic rings. The Kier molecular flexibility index (Phi) is 2.91. The Labute approximate surface area is 89.2 Å². The highest BCUT2D eigenvalue weighted by molar-refractivity contribution is 5.37. The fraction of sp³-hybridized carbons (Fsp3) is 0.500. The molecule has 2 nitrogen and oxygen atoms in total. The Hall–Kier alpha value is -1.09. The SMILES string of the molecule is COc1c(F)cccc1[C@@H](N)C1CCC1. The summed E-state index contributed by atoms with van der Waals surface area (Å²) in [5, 5.41) is 0. The highest BCUT2D eigenvalue weighted by Crippen LogP contribution is 2.39. The van der Waals surface area contributed by atoms with Gasteiger partial charge >= 0.3 is 0 Å². The maximum absolute atomic E-state index is 13.4. The molecule has 0 spiro atoms. The van der Waals surface area contributed by atoms with Gasteiger partial charge in [-0.25, -0.2) is 4.39 Å². The molecule has 2 rings (SSSR count). The van der Waals surface area contributed by atoms with Crippen molar-refractivity contribution in [2.45, 2.75) is 25.3 Å². The number of halogens is 1. The zero-order chi connectivity index (χ0) is 10.8. The van der Waals surface area contributed by atoms with Gasteiger partial charge in [-0.2, -0.15) is 0 Å². The number of para-hydroxylation sites is 1. The maximum Gasteiger partial charge on any atom is 0.165 e. The van der Waals surface area contributed by atoms with Crippen LogP contribution in [0.2, 0.25) is 0 Å². The molecule has 82 valence electrons. The van der Waals surface area contributed by atoms with Crippen molar-refractivity contribution in [1.82, 2.24) is 0 Å². The third-order valence-corrected chi connectivity index (χ3v) is 3.22. The standard InChI is InChI=1S/C12H16FNO/c1-15-12-9(6-3-7-10(12)13)11(14)8-4-2-5-8/h3,6-8,11H,2,4-5,14H2,1H3/t11-/m0/s1. The predicted molar refractivity (Wildman–Crippen MR) is 57.2 cm³/mol. The second-order valence-electron chi connectivity index (χ2n) is 4.08. The monoisotopic (exact) mass is 209 g/mol. The number of ether oxygens (including phenoxy) is 1. The fourth-order valence-electron chi connectivity index (χ4n) is 2.06. The lowest BCUT2D eigenvalue weighted by atomic mass is 9.77. The molecular formula is C12H16FNO. The van der Waals surface area contributed by atoms with Gasteiger partial charge in [-0.05, 0) is 24.8 Å². The fourth-order valence-corrected chi connectivity index (χ4v) is 2.06. The summed E-state index contributed by atoms with van der Waals surface area (Å²) < 4.78 is 18.5. The summed E-state index contributed by atoms with van der Waals surface area (Å²) in [6.45, 7) is 0. The number of methoxy groups -OCH3 is 1. The topological polar surface area (TPSA) is 35.2 Å². The summed E-state index contributed by atoms with van der Waals surface area (Å²) in [5.41, 5.74) is 6.89. The summed E-state index contributed by atoms with van der Waals surface area (Å²) in [5.74, 6) is 0.461. The molecule has 0 aliphatic heterocycles. The molecule has 1 aliphatic carbocycles. The van der Waals surface area contributed by atoms with Crippen LogP contribution >= 0.6 is 0 Å². The van der Waals surface area contributed by atoms with Gasteiger partial charge in [0.05, 0.1) is 7.11 Å². The van der Waals surface area contributed by atoms with E-state index in [2.05, 4.69) is 0 Å². The number of nitrogens with two attached hydrogens (primary N) is 1. The molecule has 1 aromatic carbocycles. The van der Waals surface area contributed by atoms with E-state index in [0.29, 0.717) is 11.7 Å². The van der Waals surface area contributed by atoms with Gasteiger partial charge in [0.15, 0.2) is 11.6 Å². The minimum absolute atomic E-state index is 0.0931. The van der Waals surface area contributed by atoms with Crippen molar-refractivity contribution in [2.75, 3.05) is 7.11 Å². The van der Waals surface area contributed by atoms with Crippen LogP contribution in [0.25, 0.3) is 0 Å². The number of hydrogen-bond donors (Lipinski definition) is 1. The van der Waals surface area contributed by atoms with Crippen LogP contribution in [0.4, 0.5) is 4.39 Å². The molecule has 1 saturated carbocycles. The molecular weight excluding hydrogens is 193 g/mol. The first-order valence-corrected chi connectivity index (χ1v) is 5.32. The van der Waals surface area contributed by atoms with Crippen molar-refractivity contribution >= 4 is 0 Å². The minimum atomic E-state index is -0.329. The van der Waals surface area contributed by atoms with Crippen LogP contribution in [0.3, 0.4) is 0 Å². The van der Waals surface area contributed by atoms with E-state index in [1.165, 1.54) is 19.6 Å². The molecule has 0 unspecified atom stereocenters. The molecule has 0 bridgehead atoms. The molecule has 1 atom stereocenters. The molecule has 2 N–H and O–H groups in total. The van der Waals surface area contributed by atoms with Crippen molar-refractivity contribution in [3.8, 4) is 5.75 Å². The van der Waals surface area contributed by atoms with Crippen molar-refractivity contribution in [3.63, 3.8) is 0 Å². The van der Waals surface area contributed by atoms with Gasteiger partial charge in [0, 0.05) is 11.6 Å². The number of benzene rings is 1. The lowest BCUT2D eigenvalue weighted by Gasteiger charge is -2.32. The smallest absolute Gasteiger partial charge is 0.165 e. The largest absolute Gasteiger partial charge is 0.493 e. The molecule has 0 amide bonds. The summed E-state index contributed by atoms with van der Waals surface area (Å²) in [6, 6.07) is 4.84. The Bertz CT molecular complexity index is 349. The zero-order valence-electron chi connectivity index (χ0n) is 8.87. The van der Waals surface area contributed by atoms with E-state index in [0.717, 1.165) is 18.4 Å². The van der Waals surface area contributed by atoms with Crippen LogP contribution in [-0.2, 0) is 0 Å². The Morgan fingerprint density at radius 1 is 1.47 bits per heavy atom. The first-order valence-electron chi connectivity index (χ1n) is 5.32. The van der Waals surface area contributed by atoms with Crippen LogP contribution < -0.4 is 10.5 Å². The van der Waals surface area contributed by atoms with E-state index >= 15 is 0 Å². The molecule has 1 fully saturated rings. The molecule has 0 radical (unpaired) electrons. The highest BCUT2D eigenvalue weighted by Gasteiger charge is 2.28. The summed E-state index contributed by atoms with van der Waals surface area (Å²) >= 11 is 0. The van der Waals surface area contributed by atoms with E-state index in [1.807, 2.05) is 6.07 Å². The predicted octanol–water partition coefficient (Wildman–Crippen LogP) is 2.63. The van der Waals surface area contributed by atoms with Gasteiger partial charge in [-0.1, -0.05) is 18.6 Å². The Morgan fingerprint density at radius 3 is 2.73 bits per heavy atom. The lowest BCUT2D eigenvalue weighted by Crippen LogP contribution is -2.27. The molecule has 0 saturated heterocycles. The van der Waals surface area contributed by atoms with Gasteiger partial charge in [0.25, 0.3) is 0 Å². The third kappa shape index (κ3) is 1.84. The van der Waals surface area contributed by atoms with Crippen LogP contribution in [-0.4, -0.2) is 7.11 Å². The minimum Gasteiger partial charge on any atom is -0.493 e. The molecule has 0 heterocycles. The summed E-state index contributed by atoms with van der Waals surface area (Å²) in [7, 11) is 1.48. The van der Waals surface area contributed by atoms with Crippen molar-refractivity contribution in [2.24, 2.45) is 11.7 Å². The maximum atomic E-state index is 13.4. The van der Waals surface area contributed by atoms with Gasteiger partial charge in [0.2, 0.25) is 0 Å². The van der Waals surface area contributed by atoms with E-state index in [4.69, 9.17) is 10.5 Å². The molecule has 15 heavy (non-hydrogen) atoms. The van der Waals surface area contributed by atoms with E-state index < -0.39 is 0 Å². The zero-order valence-corrected chi connectivity index (χ0v) is 8.87. The normalized spacial score (nSPS) is 18.3. The van der Waals surface area contributed by atoms with Gasteiger partial charge in [0.1, 0.15) is 0 Å². The Morgan fingerprint density at radius 2 is 2.20 bits per heavy atom. The molecule has 3 heteroatoms. The number of hydrogen-bond acceptors (Lipinski definition) is 2. The van der Waals surface area contributed by atoms with Crippen molar-refractivity contribution in [3.05, 3.63) is 29.6 Å². The van der Waals surface area contributed by atoms with E-state index in [-0.39, 0.29) is 11.9 Å². The third-order valence-electron chi connectivity index (χ3n) is 3.22. The highest BCUT2D eigenvalue weighted by atomic mass is 19.1. The van der Waals surface area contributed by atoms with Gasteiger partial charge in [-0.3, -0.25) is 0 Å². The van der Waals surface area contributed by atoms with Gasteiger partial charge < -0.3 is 10.5 Å². The van der Waals surface area contributed by atoms with Crippen LogP contribution in [0.5, 0.6) is 5.75 Å². The molecule has 1 aliphatic rings. The van der Waals surface area contributed by atoms with E-state index in [9.17, 15) is 4.39 Å². The second kappa shape index (κ2) is 4.19. The van der Waals surface area contributed by atoms with E-state index in [1.54, 1.807) is 6.07 Å². The van der Waals surface area contributed by atoms with Crippen LogP contribution in [0.1, 0.15) is 30.9 Å². The quantitative estimate of drug-likeness (QED) is 0.830. The first kappa shape index (κ1) is 10.4. The lowest BCUT2D eigenvalue weighted by molar-refractivity contribution is 0.258. The molecule has 0 aromatic heterocycles. The van der Waals surface area contributed by atoms with Crippen LogP contribution in [0, 0.1) is 11.7 Å². The average molecular weight is 209 g/mol.